The van der Waals surface area contributed by atoms with E-state index in [-0.39, 0.29) is 0 Å². The van der Waals surface area contributed by atoms with Gasteiger partial charge in [-0.25, -0.2) is 0 Å². The molecule has 1 aliphatic heterocycles. The van der Waals surface area contributed by atoms with Crippen molar-refractivity contribution in [1.29, 1.82) is 0 Å². The Kier molecular flexibility index (Phi) is 3.92. The van der Waals surface area contributed by atoms with Crippen molar-refractivity contribution < 1.29 is 0 Å². The fraction of sp³-hybridized carbons (Fsp3) is 0.636. The second-order valence-electron chi connectivity index (χ2n) is 4.02. The Labute approximate surface area is 106 Å². The zero-order valence-electron chi connectivity index (χ0n) is 9.66. The van der Waals surface area contributed by atoms with Gasteiger partial charge in [-0.2, -0.15) is 11.8 Å². The highest BCUT2D eigenvalue weighted by Crippen LogP contribution is 2.25. The maximum atomic E-state index is 5.96. The van der Waals surface area contributed by atoms with Crippen molar-refractivity contribution in [2.75, 3.05) is 29.5 Å². The molecule has 1 fully saturated rings. The summed E-state index contributed by atoms with van der Waals surface area (Å²) in [4.78, 5) is 2.33. The van der Waals surface area contributed by atoms with Crippen molar-refractivity contribution in [3.05, 3.63) is 16.3 Å². The molecular weight excluding hydrogens is 242 g/mol. The first-order valence-electron chi connectivity index (χ1n) is 5.52. The van der Waals surface area contributed by atoms with Crippen LogP contribution in [-0.2, 0) is 0 Å². The second kappa shape index (κ2) is 5.23. The molecule has 0 unspecified atom stereocenters. The van der Waals surface area contributed by atoms with E-state index in [0.29, 0.717) is 5.15 Å². The van der Waals surface area contributed by atoms with Crippen LogP contribution in [0.2, 0.25) is 5.15 Å². The molecule has 0 amide bonds. The van der Waals surface area contributed by atoms with Crippen LogP contribution in [0.1, 0.15) is 17.5 Å². The Morgan fingerprint density at radius 1 is 1.12 bits per heavy atom. The van der Waals surface area contributed by atoms with Crippen molar-refractivity contribution >= 4 is 29.2 Å². The monoisotopic (exact) mass is 257 g/mol. The molecule has 0 bridgehead atoms. The highest BCUT2D eigenvalue weighted by atomic mass is 35.5. The van der Waals surface area contributed by atoms with Gasteiger partial charge in [-0.15, -0.1) is 10.2 Å². The van der Waals surface area contributed by atoms with Gasteiger partial charge in [0.15, 0.2) is 11.0 Å². The highest BCUT2D eigenvalue weighted by Gasteiger charge is 2.16. The first kappa shape index (κ1) is 12.0. The van der Waals surface area contributed by atoms with Crippen molar-refractivity contribution in [1.82, 2.24) is 10.2 Å². The van der Waals surface area contributed by atoms with Crippen LogP contribution in [0.3, 0.4) is 0 Å². The molecule has 0 aromatic carbocycles. The standard InChI is InChI=1S/C11H16ClN3S/c1-8-9(2)11(14-13-10(8)12)15-4-3-6-16-7-5-15/h3-7H2,1-2H3. The van der Waals surface area contributed by atoms with Gasteiger partial charge in [0.25, 0.3) is 0 Å². The molecule has 0 aliphatic carbocycles. The minimum absolute atomic E-state index is 0.519. The summed E-state index contributed by atoms with van der Waals surface area (Å²) in [5.41, 5.74) is 2.20. The largest absolute Gasteiger partial charge is 0.354 e. The third-order valence-corrected chi connectivity index (χ3v) is 4.37. The maximum Gasteiger partial charge on any atom is 0.155 e. The third-order valence-electron chi connectivity index (χ3n) is 2.96. The lowest BCUT2D eigenvalue weighted by molar-refractivity contribution is 0.780. The lowest BCUT2D eigenvalue weighted by Gasteiger charge is -2.23. The first-order valence-corrected chi connectivity index (χ1v) is 7.05. The normalized spacial score (nSPS) is 17.3. The van der Waals surface area contributed by atoms with E-state index < -0.39 is 0 Å². The van der Waals surface area contributed by atoms with Gasteiger partial charge in [0.2, 0.25) is 0 Å². The number of nitrogens with zero attached hydrogens (tertiary/aromatic N) is 3. The van der Waals surface area contributed by atoms with Crippen molar-refractivity contribution in [3.8, 4) is 0 Å². The molecule has 88 valence electrons. The predicted octanol–water partition coefficient (Wildman–Crippen LogP) is 2.69. The van der Waals surface area contributed by atoms with Gasteiger partial charge in [0, 0.05) is 18.8 Å². The van der Waals surface area contributed by atoms with Gasteiger partial charge in [-0.1, -0.05) is 11.6 Å². The number of rotatable bonds is 1. The first-order chi connectivity index (χ1) is 7.70. The molecule has 0 radical (unpaired) electrons. The molecular formula is C11H16ClN3S. The van der Waals surface area contributed by atoms with Gasteiger partial charge >= 0.3 is 0 Å². The predicted molar refractivity (Wildman–Crippen MR) is 70.7 cm³/mol. The summed E-state index contributed by atoms with van der Waals surface area (Å²) in [6.07, 6.45) is 1.22. The fourth-order valence-corrected chi connectivity index (χ4v) is 2.89. The number of halogens is 1. The van der Waals surface area contributed by atoms with E-state index in [4.69, 9.17) is 11.6 Å². The third kappa shape index (κ3) is 2.43. The molecule has 1 aromatic heterocycles. The lowest BCUT2D eigenvalue weighted by atomic mass is 10.2. The van der Waals surface area contributed by atoms with Crippen LogP contribution in [0.25, 0.3) is 0 Å². The molecule has 0 saturated carbocycles. The summed E-state index contributed by atoms with van der Waals surface area (Å²) in [5.74, 6) is 3.42. The Morgan fingerprint density at radius 2 is 1.94 bits per heavy atom. The smallest absolute Gasteiger partial charge is 0.155 e. The van der Waals surface area contributed by atoms with Crippen LogP contribution in [0.5, 0.6) is 0 Å². The molecule has 2 rings (SSSR count). The summed E-state index contributed by atoms with van der Waals surface area (Å²) < 4.78 is 0. The summed E-state index contributed by atoms with van der Waals surface area (Å²) in [6.45, 7) is 6.20. The van der Waals surface area contributed by atoms with Gasteiger partial charge in [0.1, 0.15) is 0 Å². The van der Waals surface area contributed by atoms with E-state index in [1.807, 2.05) is 18.7 Å². The van der Waals surface area contributed by atoms with Gasteiger partial charge < -0.3 is 4.90 Å². The van der Waals surface area contributed by atoms with E-state index in [1.54, 1.807) is 0 Å². The average Bonchev–Trinajstić information content (AvgIpc) is 2.55. The summed E-state index contributed by atoms with van der Waals surface area (Å²) in [5, 5.41) is 8.77. The quantitative estimate of drug-likeness (QED) is 0.774. The molecule has 2 heterocycles. The lowest BCUT2D eigenvalue weighted by Crippen LogP contribution is -2.27. The van der Waals surface area contributed by atoms with Gasteiger partial charge in [-0.05, 0) is 37.1 Å². The zero-order chi connectivity index (χ0) is 11.5. The van der Waals surface area contributed by atoms with E-state index in [9.17, 15) is 0 Å². The van der Waals surface area contributed by atoms with Crippen LogP contribution in [0, 0.1) is 13.8 Å². The molecule has 1 saturated heterocycles. The molecule has 0 atom stereocenters. The fourth-order valence-electron chi connectivity index (χ4n) is 1.82. The number of aromatic nitrogens is 2. The minimum Gasteiger partial charge on any atom is -0.354 e. The Morgan fingerprint density at radius 3 is 2.75 bits per heavy atom. The summed E-state index contributed by atoms with van der Waals surface area (Å²) in [6, 6.07) is 0. The van der Waals surface area contributed by atoms with Gasteiger partial charge in [-0.3, -0.25) is 0 Å². The molecule has 0 N–H and O–H groups in total. The van der Waals surface area contributed by atoms with Crippen LogP contribution in [-0.4, -0.2) is 34.8 Å². The van der Waals surface area contributed by atoms with E-state index >= 15 is 0 Å². The van der Waals surface area contributed by atoms with E-state index in [1.165, 1.54) is 17.9 Å². The van der Waals surface area contributed by atoms with Gasteiger partial charge in [0.05, 0.1) is 0 Å². The molecule has 1 aliphatic rings. The summed E-state index contributed by atoms with van der Waals surface area (Å²) in [7, 11) is 0. The molecule has 5 heteroatoms. The topological polar surface area (TPSA) is 29.0 Å². The average molecular weight is 258 g/mol. The van der Waals surface area contributed by atoms with Crippen molar-refractivity contribution in [3.63, 3.8) is 0 Å². The Bertz CT molecular complexity index is 376. The van der Waals surface area contributed by atoms with Crippen molar-refractivity contribution in [2.24, 2.45) is 0 Å². The SMILES string of the molecule is Cc1c(Cl)nnc(N2CCCSCC2)c1C. The Balaban J connectivity index is 2.28. The molecule has 1 aromatic rings. The van der Waals surface area contributed by atoms with Crippen LogP contribution in [0.4, 0.5) is 5.82 Å². The molecule has 16 heavy (non-hydrogen) atoms. The molecule has 0 spiro atoms. The van der Waals surface area contributed by atoms with E-state index in [2.05, 4.69) is 22.0 Å². The van der Waals surface area contributed by atoms with Crippen LogP contribution < -0.4 is 4.90 Å². The van der Waals surface area contributed by atoms with E-state index in [0.717, 1.165) is 30.0 Å². The number of hydrogen-bond acceptors (Lipinski definition) is 4. The number of anilines is 1. The second-order valence-corrected chi connectivity index (χ2v) is 5.60. The zero-order valence-corrected chi connectivity index (χ0v) is 11.2. The minimum atomic E-state index is 0.519. The van der Waals surface area contributed by atoms with Crippen molar-refractivity contribution in [2.45, 2.75) is 20.3 Å². The molecule has 3 nitrogen and oxygen atoms in total. The summed E-state index contributed by atoms with van der Waals surface area (Å²) >= 11 is 7.97. The van der Waals surface area contributed by atoms with Crippen LogP contribution in [0.15, 0.2) is 0 Å². The van der Waals surface area contributed by atoms with Crippen LogP contribution >= 0.6 is 23.4 Å². The highest BCUT2D eigenvalue weighted by molar-refractivity contribution is 7.99. The maximum absolute atomic E-state index is 5.96. The number of hydrogen-bond donors (Lipinski definition) is 0. The number of thioether (sulfide) groups is 1. The Hall–Kier alpha value is -0.480.